The second kappa shape index (κ2) is 3.55. The summed E-state index contributed by atoms with van der Waals surface area (Å²) >= 11 is 0. The Morgan fingerprint density at radius 2 is 2.14 bits per heavy atom. The number of carbonyl (C=O) groups excluding carboxylic acids is 1. The van der Waals surface area contributed by atoms with E-state index in [-0.39, 0.29) is 12.7 Å². The molecule has 0 unspecified atom stereocenters. The predicted octanol–water partition coefficient (Wildman–Crippen LogP) is 0.279. The third kappa shape index (κ3) is 1.49. The first-order chi connectivity index (χ1) is 6.81. The van der Waals surface area contributed by atoms with Crippen LogP contribution in [0.3, 0.4) is 0 Å². The summed E-state index contributed by atoms with van der Waals surface area (Å²) in [4.78, 5) is 11.4. The number of carbonyl (C=O) groups is 1. The Kier molecular flexibility index (Phi) is 2.24. The molecule has 2 rings (SSSR count). The minimum absolute atomic E-state index is 0.203. The lowest BCUT2D eigenvalue weighted by Gasteiger charge is -2.03. The summed E-state index contributed by atoms with van der Waals surface area (Å²) in [5, 5.41) is 0. The Morgan fingerprint density at radius 3 is 2.93 bits per heavy atom. The molecule has 0 fully saturated rings. The van der Waals surface area contributed by atoms with Crippen molar-refractivity contribution in [2.24, 2.45) is 0 Å². The molecule has 0 atom stereocenters. The van der Waals surface area contributed by atoms with Crippen molar-refractivity contribution in [2.75, 3.05) is 13.8 Å². The first-order valence-electron chi connectivity index (χ1n) is 4.18. The fourth-order valence-corrected chi connectivity index (χ4v) is 1.22. The van der Waals surface area contributed by atoms with Crippen molar-refractivity contribution in [2.45, 2.75) is 0 Å². The Balaban J connectivity index is 2.24. The SMILES string of the molecule is CNNC(=O)c1ccc2c(c1)OCO2. The van der Waals surface area contributed by atoms with E-state index in [1.165, 1.54) is 0 Å². The Bertz CT molecular complexity index is 365. The molecule has 1 amide bonds. The van der Waals surface area contributed by atoms with Crippen LogP contribution in [0, 0.1) is 0 Å². The van der Waals surface area contributed by atoms with Crippen molar-refractivity contribution < 1.29 is 14.3 Å². The zero-order valence-electron chi connectivity index (χ0n) is 7.66. The molecule has 0 saturated heterocycles. The molecule has 0 bridgehead atoms. The van der Waals surface area contributed by atoms with E-state index in [9.17, 15) is 4.79 Å². The summed E-state index contributed by atoms with van der Waals surface area (Å²) in [6.07, 6.45) is 0. The smallest absolute Gasteiger partial charge is 0.265 e. The fourth-order valence-electron chi connectivity index (χ4n) is 1.22. The van der Waals surface area contributed by atoms with E-state index in [1.54, 1.807) is 25.2 Å². The number of hydrogen-bond acceptors (Lipinski definition) is 4. The van der Waals surface area contributed by atoms with Crippen LogP contribution in [0.2, 0.25) is 0 Å². The monoisotopic (exact) mass is 194 g/mol. The second-order valence-corrected chi connectivity index (χ2v) is 2.77. The molecule has 0 saturated carbocycles. The lowest BCUT2D eigenvalue weighted by atomic mass is 10.2. The van der Waals surface area contributed by atoms with Gasteiger partial charge in [0.05, 0.1) is 0 Å². The van der Waals surface area contributed by atoms with Crippen LogP contribution in [0.1, 0.15) is 10.4 Å². The van der Waals surface area contributed by atoms with Crippen LogP contribution in [0.15, 0.2) is 18.2 Å². The first-order valence-corrected chi connectivity index (χ1v) is 4.18. The molecular weight excluding hydrogens is 184 g/mol. The second-order valence-electron chi connectivity index (χ2n) is 2.77. The highest BCUT2D eigenvalue weighted by atomic mass is 16.7. The van der Waals surface area contributed by atoms with Crippen LogP contribution in [0.4, 0.5) is 0 Å². The van der Waals surface area contributed by atoms with Gasteiger partial charge in [0, 0.05) is 12.6 Å². The zero-order chi connectivity index (χ0) is 9.97. The molecule has 0 aromatic heterocycles. The van der Waals surface area contributed by atoms with Gasteiger partial charge in [-0.2, -0.15) is 0 Å². The number of rotatable bonds is 2. The molecule has 5 nitrogen and oxygen atoms in total. The molecule has 1 aromatic carbocycles. The molecule has 1 heterocycles. The highest BCUT2D eigenvalue weighted by Gasteiger charge is 2.15. The molecule has 0 radical (unpaired) electrons. The first kappa shape index (κ1) is 8.83. The lowest BCUT2D eigenvalue weighted by molar-refractivity contribution is 0.0937. The largest absolute Gasteiger partial charge is 0.454 e. The number of amides is 1. The minimum atomic E-state index is -0.203. The summed E-state index contributed by atoms with van der Waals surface area (Å²) in [6, 6.07) is 5.04. The molecule has 0 aliphatic carbocycles. The lowest BCUT2D eigenvalue weighted by Crippen LogP contribution is -2.34. The van der Waals surface area contributed by atoms with Crippen LogP contribution in [0.5, 0.6) is 11.5 Å². The number of benzene rings is 1. The van der Waals surface area contributed by atoms with Crippen molar-refractivity contribution in [1.29, 1.82) is 0 Å². The molecule has 74 valence electrons. The summed E-state index contributed by atoms with van der Waals surface area (Å²) in [5.41, 5.74) is 5.56. The van der Waals surface area contributed by atoms with Crippen LogP contribution >= 0.6 is 0 Å². The number of hydrogen-bond donors (Lipinski definition) is 2. The average Bonchev–Trinajstić information content (AvgIpc) is 2.64. The van der Waals surface area contributed by atoms with Crippen molar-refractivity contribution in [3.63, 3.8) is 0 Å². The molecule has 2 N–H and O–H groups in total. The van der Waals surface area contributed by atoms with Crippen LogP contribution < -0.4 is 20.3 Å². The van der Waals surface area contributed by atoms with Crippen molar-refractivity contribution in [3.05, 3.63) is 23.8 Å². The van der Waals surface area contributed by atoms with Crippen LogP contribution in [0.25, 0.3) is 0 Å². The predicted molar refractivity (Wildman–Crippen MR) is 49.1 cm³/mol. The maximum absolute atomic E-state index is 11.4. The quantitative estimate of drug-likeness (QED) is 0.664. The summed E-state index contributed by atoms with van der Waals surface area (Å²) < 4.78 is 10.3. The molecule has 1 aliphatic heterocycles. The maximum atomic E-state index is 11.4. The van der Waals surface area contributed by atoms with Gasteiger partial charge in [0.15, 0.2) is 11.5 Å². The third-order valence-electron chi connectivity index (χ3n) is 1.87. The summed E-state index contributed by atoms with van der Waals surface area (Å²) in [5.74, 6) is 1.07. The van der Waals surface area contributed by atoms with E-state index in [1.807, 2.05) is 0 Å². The topological polar surface area (TPSA) is 59.6 Å². The van der Waals surface area contributed by atoms with Gasteiger partial charge < -0.3 is 9.47 Å². The number of hydrazine groups is 1. The molecule has 1 aromatic rings. The van der Waals surface area contributed by atoms with E-state index in [2.05, 4.69) is 10.9 Å². The van der Waals surface area contributed by atoms with Gasteiger partial charge in [0.2, 0.25) is 6.79 Å². The van der Waals surface area contributed by atoms with Gasteiger partial charge in [0.1, 0.15) is 0 Å². The number of ether oxygens (including phenoxy) is 2. The highest BCUT2D eigenvalue weighted by Crippen LogP contribution is 2.32. The minimum Gasteiger partial charge on any atom is -0.454 e. The van der Waals surface area contributed by atoms with Gasteiger partial charge >= 0.3 is 0 Å². The molecule has 14 heavy (non-hydrogen) atoms. The maximum Gasteiger partial charge on any atom is 0.265 e. The van der Waals surface area contributed by atoms with Crippen molar-refractivity contribution in [3.8, 4) is 11.5 Å². The highest BCUT2D eigenvalue weighted by molar-refractivity contribution is 5.94. The molecule has 0 spiro atoms. The van der Waals surface area contributed by atoms with E-state index in [4.69, 9.17) is 9.47 Å². The standard InChI is InChI=1S/C9H10N2O3/c1-10-11-9(12)6-2-3-7-8(4-6)14-5-13-7/h2-4,10H,5H2,1H3,(H,11,12). The fraction of sp³-hybridized carbons (Fsp3) is 0.222. The van der Waals surface area contributed by atoms with Gasteiger partial charge in [-0.05, 0) is 18.2 Å². The van der Waals surface area contributed by atoms with E-state index in [0.717, 1.165) is 0 Å². The third-order valence-corrected chi connectivity index (χ3v) is 1.87. The van der Waals surface area contributed by atoms with Crippen LogP contribution in [-0.2, 0) is 0 Å². The van der Waals surface area contributed by atoms with Gasteiger partial charge in [0.25, 0.3) is 5.91 Å². The van der Waals surface area contributed by atoms with Gasteiger partial charge in [-0.25, -0.2) is 5.43 Å². The number of nitrogens with one attached hydrogen (secondary N) is 2. The van der Waals surface area contributed by atoms with E-state index >= 15 is 0 Å². The Hall–Kier alpha value is -1.75. The Labute approximate surface area is 81.0 Å². The van der Waals surface area contributed by atoms with Gasteiger partial charge in [-0.3, -0.25) is 10.2 Å². The van der Waals surface area contributed by atoms with Crippen LogP contribution in [-0.4, -0.2) is 19.7 Å². The van der Waals surface area contributed by atoms with Gasteiger partial charge in [-0.1, -0.05) is 0 Å². The summed E-state index contributed by atoms with van der Waals surface area (Å²) in [6.45, 7) is 0.215. The van der Waals surface area contributed by atoms with Crippen molar-refractivity contribution >= 4 is 5.91 Å². The number of fused-ring (bicyclic) bond motifs is 1. The van der Waals surface area contributed by atoms with E-state index < -0.39 is 0 Å². The molecule has 1 aliphatic rings. The zero-order valence-corrected chi connectivity index (χ0v) is 7.66. The average molecular weight is 194 g/mol. The Morgan fingerprint density at radius 1 is 1.36 bits per heavy atom. The van der Waals surface area contributed by atoms with Gasteiger partial charge in [-0.15, -0.1) is 0 Å². The normalized spacial score (nSPS) is 12.6. The van der Waals surface area contributed by atoms with Crippen molar-refractivity contribution in [1.82, 2.24) is 10.9 Å². The molecular formula is C9H10N2O3. The summed E-state index contributed by atoms with van der Waals surface area (Å²) in [7, 11) is 1.63. The molecule has 5 heteroatoms. The van der Waals surface area contributed by atoms with E-state index in [0.29, 0.717) is 17.1 Å².